The molecule has 0 aromatic heterocycles. The molecule has 2 fully saturated rings. The van der Waals surface area contributed by atoms with Crippen LogP contribution in [-0.4, -0.2) is 19.3 Å². The number of aliphatic hydroxyl groups excluding tert-OH is 1. The first-order valence-corrected chi connectivity index (χ1v) is 10.6. The first-order valence-electron chi connectivity index (χ1n) is 10.6. The number of aliphatic hydroxyl groups is 1. The fourth-order valence-electron chi connectivity index (χ4n) is 6.51. The molecule has 3 rings (SSSR count). The maximum Gasteiger partial charge on any atom is 0.122 e. The predicted octanol–water partition coefficient (Wildman–Crippen LogP) is 6.01. The number of hydrogen-bond donors (Lipinski definition) is 1. The van der Waals surface area contributed by atoms with Crippen LogP contribution in [-0.2, 0) is 0 Å². The van der Waals surface area contributed by atoms with Gasteiger partial charge >= 0.3 is 0 Å². The van der Waals surface area contributed by atoms with Gasteiger partial charge < -0.3 is 14.6 Å². The van der Waals surface area contributed by atoms with Gasteiger partial charge in [-0.25, -0.2) is 0 Å². The van der Waals surface area contributed by atoms with Gasteiger partial charge in [0.25, 0.3) is 0 Å². The topological polar surface area (TPSA) is 38.7 Å². The summed E-state index contributed by atoms with van der Waals surface area (Å²) in [6.07, 6.45) is 6.90. The van der Waals surface area contributed by atoms with Crippen molar-refractivity contribution in [3.8, 4) is 11.5 Å². The van der Waals surface area contributed by atoms with E-state index in [0.29, 0.717) is 22.7 Å². The molecular weight excluding hydrogens is 336 g/mol. The van der Waals surface area contributed by atoms with Crippen LogP contribution in [0.2, 0.25) is 0 Å². The van der Waals surface area contributed by atoms with Crippen LogP contribution < -0.4 is 9.47 Å². The molecule has 152 valence electrons. The van der Waals surface area contributed by atoms with Crippen LogP contribution >= 0.6 is 0 Å². The highest BCUT2D eigenvalue weighted by Crippen LogP contribution is 2.62. The van der Waals surface area contributed by atoms with Gasteiger partial charge in [-0.15, -0.1) is 0 Å². The summed E-state index contributed by atoms with van der Waals surface area (Å²) in [6, 6.07) is 5.76. The van der Waals surface area contributed by atoms with Gasteiger partial charge in [0.1, 0.15) is 11.5 Å². The van der Waals surface area contributed by atoms with Crippen molar-refractivity contribution in [2.45, 2.75) is 72.3 Å². The molecule has 0 saturated heterocycles. The number of hydrogen-bond acceptors (Lipinski definition) is 3. The molecule has 1 N–H and O–H groups in total. The van der Waals surface area contributed by atoms with Crippen molar-refractivity contribution >= 4 is 0 Å². The minimum atomic E-state index is -0.484. The Labute approximate surface area is 165 Å². The van der Waals surface area contributed by atoms with E-state index < -0.39 is 6.10 Å². The molecular formula is C24H38O3. The van der Waals surface area contributed by atoms with E-state index in [9.17, 15) is 5.11 Å². The third-order valence-electron chi connectivity index (χ3n) is 7.96. The first-order chi connectivity index (χ1) is 12.7. The van der Waals surface area contributed by atoms with Gasteiger partial charge in [-0.1, -0.05) is 40.5 Å². The molecule has 2 aliphatic rings. The molecule has 3 heteroatoms. The summed E-state index contributed by atoms with van der Waals surface area (Å²) in [6.45, 7) is 9.83. The minimum Gasteiger partial charge on any atom is -0.497 e. The maximum atomic E-state index is 11.2. The average molecular weight is 375 g/mol. The molecule has 2 aliphatic carbocycles. The molecule has 5 atom stereocenters. The highest BCUT2D eigenvalue weighted by Gasteiger charge is 2.53. The van der Waals surface area contributed by atoms with Crippen molar-refractivity contribution in [2.75, 3.05) is 14.2 Å². The Morgan fingerprint density at radius 1 is 1.04 bits per heavy atom. The third-order valence-corrected chi connectivity index (χ3v) is 7.96. The number of fused-ring (bicyclic) bond motifs is 1. The van der Waals surface area contributed by atoms with Crippen molar-refractivity contribution in [1.82, 2.24) is 0 Å². The van der Waals surface area contributed by atoms with E-state index >= 15 is 0 Å². The van der Waals surface area contributed by atoms with E-state index in [-0.39, 0.29) is 0 Å². The number of ether oxygens (including phenoxy) is 2. The van der Waals surface area contributed by atoms with Gasteiger partial charge in [-0.3, -0.25) is 0 Å². The van der Waals surface area contributed by atoms with Crippen molar-refractivity contribution in [2.24, 2.45) is 28.6 Å². The number of benzene rings is 1. The van der Waals surface area contributed by atoms with Crippen molar-refractivity contribution in [1.29, 1.82) is 0 Å². The maximum absolute atomic E-state index is 11.2. The summed E-state index contributed by atoms with van der Waals surface area (Å²) in [4.78, 5) is 0. The summed E-state index contributed by atoms with van der Waals surface area (Å²) < 4.78 is 10.8. The van der Waals surface area contributed by atoms with Crippen LogP contribution in [0.4, 0.5) is 0 Å². The van der Waals surface area contributed by atoms with Crippen LogP contribution in [0.1, 0.15) is 77.9 Å². The molecule has 3 nitrogen and oxygen atoms in total. The Balaban J connectivity index is 1.86. The van der Waals surface area contributed by atoms with E-state index in [1.165, 1.54) is 32.1 Å². The van der Waals surface area contributed by atoms with E-state index in [1.54, 1.807) is 14.2 Å². The van der Waals surface area contributed by atoms with E-state index in [1.807, 2.05) is 18.2 Å². The van der Waals surface area contributed by atoms with Gasteiger partial charge in [-0.05, 0) is 72.0 Å². The Hall–Kier alpha value is -1.22. The lowest BCUT2D eigenvalue weighted by atomic mass is 9.46. The zero-order valence-electron chi connectivity index (χ0n) is 18.0. The fourth-order valence-corrected chi connectivity index (χ4v) is 6.51. The highest BCUT2D eigenvalue weighted by atomic mass is 16.5. The van der Waals surface area contributed by atoms with Gasteiger partial charge in [0.2, 0.25) is 0 Å². The second-order valence-corrected chi connectivity index (χ2v) is 9.96. The second-order valence-electron chi connectivity index (χ2n) is 9.96. The lowest BCUT2D eigenvalue weighted by Crippen LogP contribution is -2.51. The SMILES string of the molecule is COc1cc(OC)cc(C(O)CC2C(C)CCC3C(C)(C)CCCC23C)c1. The van der Waals surface area contributed by atoms with E-state index in [0.717, 1.165) is 29.4 Å². The molecule has 0 radical (unpaired) electrons. The lowest BCUT2D eigenvalue weighted by molar-refractivity contribution is -0.106. The summed E-state index contributed by atoms with van der Waals surface area (Å²) in [5.74, 6) is 3.43. The highest BCUT2D eigenvalue weighted by molar-refractivity contribution is 5.39. The predicted molar refractivity (Wildman–Crippen MR) is 110 cm³/mol. The van der Waals surface area contributed by atoms with Crippen LogP contribution in [0, 0.1) is 28.6 Å². The molecule has 2 saturated carbocycles. The summed E-state index contributed by atoms with van der Waals surface area (Å²) in [5, 5.41) is 11.2. The molecule has 0 heterocycles. The fraction of sp³-hybridized carbons (Fsp3) is 0.750. The summed E-state index contributed by atoms with van der Waals surface area (Å²) >= 11 is 0. The molecule has 27 heavy (non-hydrogen) atoms. The Kier molecular flexibility index (Phi) is 5.82. The largest absolute Gasteiger partial charge is 0.497 e. The Bertz CT molecular complexity index is 631. The average Bonchev–Trinajstić information content (AvgIpc) is 2.63. The molecule has 0 aliphatic heterocycles. The quantitative estimate of drug-likeness (QED) is 0.686. The summed E-state index contributed by atoms with van der Waals surface area (Å²) in [7, 11) is 3.31. The van der Waals surface area contributed by atoms with Gasteiger partial charge in [-0.2, -0.15) is 0 Å². The first kappa shape index (κ1) is 20.5. The molecule has 0 bridgehead atoms. The Morgan fingerprint density at radius 2 is 1.67 bits per heavy atom. The normalized spacial score (nSPS) is 33.8. The van der Waals surface area contributed by atoms with Crippen LogP contribution in [0.5, 0.6) is 11.5 Å². The van der Waals surface area contributed by atoms with Crippen molar-refractivity contribution in [3.63, 3.8) is 0 Å². The molecule has 1 aromatic rings. The Morgan fingerprint density at radius 3 is 2.26 bits per heavy atom. The summed E-state index contributed by atoms with van der Waals surface area (Å²) in [5.41, 5.74) is 1.64. The van der Waals surface area contributed by atoms with Crippen LogP contribution in [0.15, 0.2) is 18.2 Å². The second kappa shape index (κ2) is 7.66. The van der Waals surface area contributed by atoms with Crippen LogP contribution in [0.25, 0.3) is 0 Å². The minimum absolute atomic E-state index is 0.323. The molecule has 0 spiro atoms. The lowest BCUT2D eigenvalue weighted by Gasteiger charge is -2.59. The monoisotopic (exact) mass is 374 g/mol. The standard InChI is InChI=1S/C24H38O3/c1-16-8-9-22-23(2,3)10-7-11-24(22,4)20(16)15-21(25)17-12-18(26-5)14-19(13-17)27-6/h12-14,16,20-22,25H,7-11,15H2,1-6H3. The zero-order valence-corrected chi connectivity index (χ0v) is 18.0. The van der Waals surface area contributed by atoms with E-state index in [4.69, 9.17) is 9.47 Å². The smallest absolute Gasteiger partial charge is 0.122 e. The molecule has 0 amide bonds. The van der Waals surface area contributed by atoms with Crippen molar-refractivity contribution < 1.29 is 14.6 Å². The third kappa shape index (κ3) is 3.85. The molecule has 5 unspecified atom stereocenters. The van der Waals surface area contributed by atoms with E-state index in [2.05, 4.69) is 27.7 Å². The van der Waals surface area contributed by atoms with Gasteiger partial charge in [0.15, 0.2) is 0 Å². The molecule has 1 aromatic carbocycles. The van der Waals surface area contributed by atoms with Gasteiger partial charge in [0.05, 0.1) is 20.3 Å². The van der Waals surface area contributed by atoms with Crippen LogP contribution in [0.3, 0.4) is 0 Å². The number of rotatable bonds is 5. The number of methoxy groups -OCH3 is 2. The van der Waals surface area contributed by atoms with Gasteiger partial charge in [0, 0.05) is 6.07 Å². The van der Waals surface area contributed by atoms with Crippen molar-refractivity contribution in [3.05, 3.63) is 23.8 Å². The zero-order chi connectivity index (χ0) is 19.8.